The van der Waals surface area contributed by atoms with E-state index in [4.69, 9.17) is 32.7 Å². The number of nitrogens with zero attached hydrogens (tertiary/aromatic N) is 1. The van der Waals surface area contributed by atoms with Crippen molar-refractivity contribution >= 4 is 52.8 Å². The molecule has 1 saturated heterocycles. The molecule has 0 saturated carbocycles. The van der Waals surface area contributed by atoms with E-state index in [-0.39, 0.29) is 39.2 Å². The Morgan fingerprint density at radius 3 is 2.44 bits per heavy atom. The summed E-state index contributed by atoms with van der Waals surface area (Å²) in [7, 11) is 0. The summed E-state index contributed by atoms with van der Waals surface area (Å²) in [6.07, 6.45) is 1.24. The van der Waals surface area contributed by atoms with E-state index in [1.807, 2.05) is 6.92 Å². The number of carbonyl (C=O) groups excluding carboxylic acids is 3. The lowest BCUT2D eigenvalue weighted by Crippen LogP contribution is -2.54. The SMILES string of the molecule is CCOc1ccc(N2C(=O)NC(=O)/C(=C\c3cc(Cl)cc(Cl)c3OCc3cccc(F)c3)C2=O)cc1. The molecular weight excluding hydrogens is 510 g/mol. The normalized spacial score (nSPS) is 14.7. The number of imide groups is 2. The maximum absolute atomic E-state index is 13.5. The van der Waals surface area contributed by atoms with Crippen molar-refractivity contribution in [1.29, 1.82) is 0 Å². The van der Waals surface area contributed by atoms with Gasteiger partial charge in [0.15, 0.2) is 0 Å². The van der Waals surface area contributed by atoms with Gasteiger partial charge < -0.3 is 9.47 Å². The van der Waals surface area contributed by atoms with Crippen LogP contribution in [0.5, 0.6) is 11.5 Å². The number of anilines is 1. The van der Waals surface area contributed by atoms with Crippen LogP contribution in [0.4, 0.5) is 14.9 Å². The Kier molecular flexibility index (Phi) is 7.57. The van der Waals surface area contributed by atoms with Gasteiger partial charge in [-0.3, -0.25) is 14.9 Å². The number of urea groups is 1. The zero-order valence-corrected chi connectivity index (χ0v) is 20.4. The quantitative estimate of drug-likeness (QED) is 0.310. The standard InChI is InChI=1S/C26H19Cl2FN2O5/c1-2-35-20-8-6-19(7-9-20)31-25(33)21(24(32)30-26(31)34)12-16-11-17(27)13-22(28)23(16)36-14-15-4-3-5-18(29)10-15/h3-13H,2,14H2,1H3,(H,30,32,34)/b21-12+. The van der Waals surface area contributed by atoms with Crippen molar-refractivity contribution in [2.45, 2.75) is 13.5 Å². The van der Waals surface area contributed by atoms with Gasteiger partial charge in [0.2, 0.25) is 0 Å². The Morgan fingerprint density at radius 1 is 1.00 bits per heavy atom. The molecule has 0 spiro atoms. The second kappa shape index (κ2) is 10.8. The fourth-order valence-electron chi connectivity index (χ4n) is 3.53. The van der Waals surface area contributed by atoms with E-state index in [2.05, 4.69) is 5.32 Å². The van der Waals surface area contributed by atoms with E-state index in [9.17, 15) is 18.8 Å². The lowest BCUT2D eigenvalue weighted by Gasteiger charge is -2.26. The van der Waals surface area contributed by atoms with Crippen molar-refractivity contribution in [2.24, 2.45) is 0 Å². The molecule has 4 amide bonds. The van der Waals surface area contributed by atoms with Crippen molar-refractivity contribution in [2.75, 3.05) is 11.5 Å². The van der Waals surface area contributed by atoms with Crippen LogP contribution in [0.15, 0.2) is 66.2 Å². The van der Waals surface area contributed by atoms with Gasteiger partial charge in [0.25, 0.3) is 11.8 Å². The van der Waals surface area contributed by atoms with Crippen LogP contribution in [-0.2, 0) is 16.2 Å². The average molecular weight is 529 g/mol. The van der Waals surface area contributed by atoms with Gasteiger partial charge in [0.05, 0.1) is 17.3 Å². The summed E-state index contributed by atoms with van der Waals surface area (Å²) in [6, 6.07) is 14.1. The number of amides is 4. The molecule has 0 unspecified atom stereocenters. The average Bonchev–Trinajstić information content (AvgIpc) is 2.82. The van der Waals surface area contributed by atoms with Crippen LogP contribution in [0.3, 0.4) is 0 Å². The van der Waals surface area contributed by atoms with E-state index in [1.54, 1.807) is 18.2 Å². The Hall–Kier alpha value is -3.88. The van der Waals surface area contributed by atoms with Gasteiger partial charge in [0, 0.05) is 10.6 Å². The molecule has 0 radical (unpaired) electrons. The highest BCUT2D eigenvalue weighted by Gasteiger charge is 2.37. The number of nitrogens with one attached hydrogen (secondary N) is 1. The number of hydrogen-bond donors (Lipinski definition) is 1. The first-order valence-electron chi connectivity index (χ1n) is 10.8. The van der Waals surface area contributed by atoms with E-state index >= 15 is 0 Å². The maximum atomic E-state index is 13.5. The van der Waals surface area contributed by atoms with Gasteiger partial charge in [-0.2, -0.15) is 0 Å². The molecule has 1 fully saturated rings. The molecule has 0 aliphatic carbocycles. The third kappa shape index (κ3) is 5.50. The second-order valence-corrected chi connectivity index (χ2v) is 8.45. The van der Waals surface area contributed by atoms with Crippen molar-refractivity contribution in [1.82, 2.24) is 5.32 Å². The Morgan fingerprint density at radius 2 is 1.75 bits per heavy atom. The van der Waals surface area contributed by atoms with E-state index in [1.165, 1.54) is 48.5 Å². The number of barbiturate groups is 1. The molecule has 184 valence electrons. The third-order valence-electron chi connectivity index (χ3n) is 5.12. The van der Waals surface area contributed by atoms with Crippen LogP contribution in [0, 0.1) is 5.82 Å². The van der Waals surface area contributed by atoms with Crippen LogP contribution in [0.2, 0.25) is 10.0 Å². The summed E-state index contributed by atoms with van der Waals surface area (Å²) in [5, 5.41) is 2.51. The molecule has 10 heteroatoms. The molecule has 0 atom stereocenters. The molecule has 4 rings (SSSR count). The van der Waals surface area contributed by atoms with Crippen LogP contribution in [-0.4, -0.2) is 24.5 Å². The van der Waals surface area contributed by atoms with Gasteiger partial charge in [-0.05, 0) is 67.1 Å². The number of halogens is 3. The van der Waals surface area contributed by atoms with E-state index < -0.39 is 23.7 Å². The monoisotopic (exact) mass is 528 g/mol. The molecule has 1 aliphatic heterocycles. The Labute approximate surface area is 216 Å². The predicted octanol–water partition coefficient (Wildman–Crippen LogP) is 5.78. The minimum Gasteiger partial charge on any atom is -0.494 e. The predicted molar refractivity (Wildman–Crippen MR) is 134 cm³/mol. The minimum absolute atomic E-state index is 0.0355. The summed E-state index contributed by atoms with van der Waals surface area (Å²) in [5.41, 5.74) is 0.672. The number of ether oxygens (including phenoxy) is 2. The molecule has 3 aromatic carbocycles. The summed E-state index contributed by atoms with van der Waals surface area (Å²) in [5.74, 6) is -1.47. The number of rotatable bonds is 7. The first-order chi connectivity index (χ1) is 17.3. The van der Waals surface area contributed by atoms with E-state index in [0.717, 1.165) is 4.90 Å². The van der Waals surface area contributed by atoms with Gasteiger partial charge in [-0.1, -0.05) is 35.3 Å². The van der Waals surface area contributed by atoms with E-state index in [0.29, 0.717) is 17.9 Å². The van der Waals surface area contributed by atoms with Crippen LogP contribution in [0.25, 0.3) is 6.08 Å². The summed E-state index contributed by atoms with van der Waals surface area (Å²) in [4.78, 5) is 39.2. The smallest absolute Gasteiger partial charge is 0.335 e. The van der Waals surface area contributed by atoms with Crippen LogP contribution >= 0.6 is 23.2 Å². The molecule has 36 heavy (non-hydrogen) atoms. The van der Waals surface area contributed by atoms with Crippen molar-refractivity contribution in [3.05, 3.63) is 93.2 Å². The molecule has 1 aliphatic rings. The highest BCUT2D eigenvalue weighted by atomic mass is 35.5. The second-order valence-electron chi connectivity index (χ2n) is 7.61. The van der Waals surface area contributed by atoms with Crippen molar-refractivity contribution in [3.8, 4) is 11.5 Å². The molecule has 3 aromatic rings. The largest absolute Gasteiger partial charge is 0.494 e. The van der Waals surface area contributed by atoms with Crippen LogP contribution < -0.4 is 19.7 Å². The summed E-state index contributed by atoms with van der Waals surface area (Å²) in [6.45, 7) is 2.25. The number of carbonyl (C=O) groups is 3. The Balaban J connectivity index is 1.68. The molecule has 1 N–H and O–H groups in total. The van der Waals surface area contributed by atoms with Gasteiger partial charge in [-0.25, -0.2) is 14.1 Å². The fraction of sp³-hybridized carbons (Fsp3) is 0.115. The van der Waals surface area contributed by atoms with Crippen LogP contribution in [0.1, 0.15) is 18.1 Å². The number of hydrogen-bond acceptors (Lipinski definition) is 5. The zero-order valence-electron chi connectivity index (χ0n) is 18.9. The maximum Gasteiger partial charge on any atom is 0.335 e. The molecule has 0 aromatic heterocycles. The minimum atomic E-state index is -0.891. The number of benzene rings is 3. The zero-order chi connectivity index (χ0) is 25.8. The van der Waals surface area contributed by atoms with Crippen molar-refractivity contribution in [3.63, 3.8) is 0 Å². The highest BCUT2D eigenvalue weighted by Crippen LogP contribution is 2.35. The molecular formula is C26H19Cl2FN2O5. The molecule has 0 bridgehead atoms. The van der Waals surface area contributed by atoms with Gasteiger partial charge in [0.1, 0.15) is 29.5 Å². The van der Waals surface area contributed by atoms with Gasteiger partial charge in [-0.15, -0.1) is 0 Å². The third-order valence-corrected chi connectivity index (χ3v) is 5.62. The molecule has 7 nitrogen and oxygen atoms in total. The highest BCUT2D eigenvalue weighted by molar-refractivity contribution is 6.40. The first kappa shape index (κ1) is 25.2. The van der Waals surface area contributed by atoms with Crippen molar-refractivity contribution < 1.29 is 28.2 Å². The first-order valence-corrected chi connectivity index (χ1v) is 11.5. The lowest BCUT2D eigenvalue weighted by molar-refractivity contribution is -0.122. The fourth-order valence-corrected chi connectivity index (χ4v) is 4.09. The lowest BCUT2D eigenvalue weighted by atomic mass is 10.1. The summed E-state index contributed by atoms with van der Waals surface area (Å²) < 4.78 is 24.7. The Bertz CT molecular complexity index is 1380. The topological polar surface area (TPSA) is 84.9 Å². The summed E-state index contributed by atoms with van der Waals surface area (Å²) >= 11 is 12.5. The molecule has 1 heterocycles. The van der Waals surface area contributed by atoms with Gasteiger partial charge >= 0.3 is 6.03 Å².